The smallest absolute Gasteiger partial charge is 0.0480 e. The third-order valence-corrected chi connectivity index (χ3v) is 2.57. The topological polar surface area (TPSA) is 21.3 Å². The zero-order chi connectivity index (χ0) is 8.81. The molecule has 1 aliphatic rings. The number of hydrogen-bond acceptors (Lipinski definition) is 2. The molecule has 0 spiro atoms. The third-order valence-electron chi connectivity index (χ3n) is 2.57. The Kier molecular flexibility index (Phi) is 4.62. The number of hydrogen-bond donors (Lipinski definition) is 1. The van der Waals surface area contributed by atoms with E-state index in [0.717, 1.165) is 19.1 Å². The summed E-state index contributed by atoms with van der Waals surface area (Å²) >= 11 is 0. The predicted molar refractivity (Wildman–Crippen MR) is 51.3 cm³/mol. The Labute approximate surface area is 75.7 Å². The molecular weight excluding hydrogens is 150 g/mol. The van der Waals surface area contributed by atoms with E-state index in [1.54, 1.807) is 0 Å². The van der Waals surface area contributed by atoms with Gasteiger partial charge in [-0.25, -0.2) is 0 Å². The van der Waals surface area contributed by atoms with Gasteiger partial charge in [0.1, 0.15) is 0 Å². The fourth-order valence-electron chi connectivity index (χ4n) is 1.81. The number of piperidine rings is 1. The Hall–Kier alpha value is -0.0800. The summed E-state index contributed by atoms with van der Waals surface area (Å²) in [6.45, 7) is 7.35. The molecule has 1 fully saturated rings. The Morgan fingerprint density at radius 3 is 3.00 bits per heavy atom. The summed E-state index contributed by atoms with van der Waals surface area (Å²) in [6, 6.07) is 0.709. The standard InChI is InChI=1S/C10H21NO/c1-3-12-7-5-10-8-9(2)4-6-11-10/h9-11H,3-8H2,1-2H3. The average molecular weight is 171 g/mol. The molecule has 0 saturated carbocycles. The van der Waals surface area contributed by atoms with Crippen molar-refractivity contribution in [1.29, 1.82) is 0 Å². The summed E-state index contributed by atoms with van der Waals surface area (Å²) in [4.78, 5) is 0. The fourth-order valence-corrected chi connectivity index (χ4v) is 1.81. The predicted octanol–water partition coefficient (Wildman–Crippen LogP) is 1.80. The summed E-state index contributed by atoms with van der Waals surface area (Å²) in [5, 5.41) is 3.53. The van der Waals surface area contributed by atoms with Crippen molar-refractivity contribution in [3.8, 4) is 0 Å². The summed E-state index contributed by atoms with van der Waals surface area (Å²) in [6.07, 6.45) is 3.84. The van der Waals surface area contributed by atoms with Crippen molar-refractivity contribution in [2.45, 2.75) is 39.2 Å². The van der Waals surface area contributed by atoms with Crippen LogP contribution in [0.15, 0.2) is 0 Å². The van der Waals surface area contributed by atoms with Gasteiger partial charge in [0.2, 0.25) is 0 Å². The molecule has 0 aromatic rings. The van der Waals surface area contributed by atoms with Crippen LogP contribution in [0.3, 0.4) is 0 Å². The van der Waals surface area contributed by atoms with Gasteiger partial charge in [0.15, 0.2) is 0 Å². The molecule has 1 rings (SSSR count). The van der Waals surface area contributed by atoms with Gasteiger partial charge in [0.05, 0.1) is 0 Å². The molecule has 2 atom stereocenters. The van der Waals surface area contributed by atoms with Crippen LogP contribution in [0.2, 0.25) is 0 Å². The monoisotopic (exact) mass is 171 g/mol. The molecule has 1 N–H and O–H groups in total. The lowest BCUT2D eigenvalue weighted by Crippen LogP contribution is -2.38. The van der Waals surface area contributed by atoms with E-state index in [-0.39, 0.29) is 0 Å². The van der Waals surface area contributed by atoms with Gasteiger partial charge in [-0.3, -0.25) is 0 Å². The van der Waals surface area contributed by atoms with Gasteiger partial charge in [-0.05, 0) is 38.6 Å². The lowest BCUT2D eigenvalue weighted by atomic mass is 9.93. The molecular formula is C10H21NO. The minimum Gasteiger partial charge on any atom is -0.382 e. The van der Waals surface area contributed by atoms with Crippen LogP contribution in [0.5, 0.6) is 0 Å². The minimum absolute atomic E-state index is 0.709. The first-order valence-corrected chi connectivity index (χ1v) is 5.14. The second-order valence-electron chi connectivity index (χ2n) is 3.77. The summed E-state index contributed by atoms with van der Waals surface area (Å²) in [5.74, 6) is 0.901. The summed E-state index contributed by atoms with van der Waals surface area (Å²) < 4.78 is 5.33. The molecule has 1 saturated heterocycles. The van der Waals surface area contributed by atoms with Gasteiger partial charge in [-0.1, -0.05) is 6.92 Å². The van der Waals surface area contributed by atoms with E-state index >= 15 is 0 Å². The van der Waals surface area contributed by atoms with Crippen LogP contribution in [0.4, 0.5) is 0 Å². The summed E-state index contributed by atoms with van der Waals surface area (Å²) in [5.41, 5.74) is 0. The van der Waals surface area contributed by atoms with Crippen molar-refractivity contribution in [2.24, 2.45) is 5.92 Å². The van der Waals surface area contributed by atoms with Gasteiger partial charge in [0, 0.05) is 19.3 Å². The molecule has 0 aromatic carbocycles. The first kappa shape index (κ1) is 10.0. The SMILES string of the molecule is CCOCCC1CC(C)CCN1. The first-order chi connectivity index (χ1) is 5.83. The van der Waals surface area contributed by atoms with E-state index in [0.29, 0.717) is 6.04 Å². The van der Waals surface area contributed by atoms with E-state index in [2.05, 4.69) is 19.2 Å². The average Bonchev–Trinajstić information content (AvgIpc) is 2.05. The van der Waals surface area contributed by atoms with Gasteiger partial charge in [-0.15, -0.1) is 0 Å². The van der Waals surface area contributed by atoms with Crippen molar-refractivity contribution >= 4 is 0 Å². The Morgan fingerprint density at radius 1 is 1.50 bits per heavy atom. The maximum atomic E-state index is 5.33. The van der Waals surface area contributed by atoms with E-state index in [1.807, 2.05) is 0 Å². The molecule has 0 aliphatic carbocycles. The van der Waals surface area contributed by atoms with E-state index in [9.17, 15) is 0 Å². The second kappa shape index (κ2) is 5.55. The second-order valence-corrected chi connectivity index (χ2v) is 3.77. The number of nitrogens with one attached hydrogen (secondary N) is 1. The van der Waals surface area contributed by atoms with Gasteiger partial charge in [-0.2, -0.15) is 0 Å². The van der Waals surface area contributed by atoms with Crippen LogP contribution >= 0.6 is 0 Å². The van der Waals surface area contributed by atoms with Crippen LogP contribution in [0.1, 0.15) is 33.1 Å². The molecule has 0 aromatic heterocycles. The molecule has 0 bridgehead atoms. The lowest BCUT2D eigenvalue weighted by molar-refractivity contribution is 0.129. The van der Waals surface area contributed by atoms with Crippen molar-refractivity contribution in [3.05, 3.63) is 0 Å². The normalized spacial score (nSPS) is 30.5. The maximum absolute atomic E-state index is 5.33. The molecule has 0 radical (unpaired) electrons. The van der Waals surface area contributed by atoms with Crippen LogP contribution in [-0.4, -0.2) is 25.8 Å². The van der Waals surface area contributed by atoms with Gasteiger partial charge in [0.25, 0.3) is 0 Å². The van der Waals surface area contributed by atoms with E-state index in [4.69, 9.17) is 4.74 Å². The van der Waals surface area contributed by atoms with Crippen molar-refractivity contribution < 1.29 is 4.74 Å². The van der Waals surface area contributed by atoms with Gasteiger partial charge < -0.3 is 10.1 Å². The van der Waals surface area contributed by atoms with Crippen molar-refractivity contribution in [1.82, 2.24) is 5.32 Å². The minimum atomic E-state index is 0.709. The molecule has 12 heavy (non-hydrogen) atoms. The fraction of sp³-hybridized carbons (Fsp3) is 1.00. The van der Waals surface area contributed by atoms with Crippen LogP contribution < -0.4 is 5.32 Å². The Bertz CT molecular complexity index is 116. The first-order valence-electron chi connectivity index (χ1n) is 5.14. The highest BCUT2D eigenvalue weighted by Crippen LogP contribution is 2.16. The molecule has 2 nitrogen and oxygen atoms in total. The van der Waals surface area contributed by atoms with Crippen LogP contribution in [0, 0.1) is 5.92 Å². The van der Waals surface area contributed by atoms with Crippen LogP contribution in [-0.2, 0) is 4.74 Å². The Balaban J connectivity index is 2.06. The van der Waals surface area contributed by atoms with Crippen molar-refractivity contribution in [2.75, 3.05) is 19.8 Å². The van der Waals surface area contributed by atoms with E-state index in [1.165, 1.54) is 25.8 Å². The molecule has 72 valence electrons. The zero-order valence-corrected chi connectivity index (χ0v) is 8.31. The summed E-state index contributed by atoms with van der Waals surface area (Å²) in [7, 11) is 0. The Morgan fingerprint density at radius 2 is 2.33 bits per heavy atom. The maximum Gasteiger partial charge on any atom is 0.0480 e. The lowest BCUT2D eigenvalue weighted by Gasteiger charge is -2.27. The molecule has 1 heterocycles. The third kappa shape index (κ3) is 3.55. The molecule has 1 aliphatic heterocycles. The quantitative estimate of drug-likeness (QED) is 0.651. The highest BCUT2D eigenvalue weighted by atomic mass is 16.5. The van der Waals surface area contributed by atoms with Gasteiger partial charge >= 0.3 is 0 Å². The molecule has 2 unspecified atom stereocenters. The largest absolute Gasteiger partial charge is 0.382 e. The molecule has 0 amide bonds. The number of rotatable bonds is 4. The highest BCUT2D eigenvalue weighted by Gasteiger charge is 2.17. The number of ether oxygens (including phenoxy) is 1. The van der Waals surface area contributed by atoms with Crippen molar-refractivity contribution in [3.63, 3.8) is 0 Å². The highest BCUT2D eigenvalue weighted by molar-refractivity contribution is 4.75. The van der Waals surface area contributed by atoms with Crippen LogP contribution in [0.25, 0.3) is 0 Å². The zero-order valence-electron chi connectivity index (χ0n) is 8.31. The van der Waals surface area contributed by atoms with E-state index < -0.39 is 0 Å². The molecule has 2 heteroatoms.